The van der Waals surface area contributed by atoms with Crippen molar-refractivity contribution in [2.75, 3.05) is 6.54 Å². The Morgan fingerprint density at radius 2 is 2.00 bits per heavy atom. The molecule has 3 rings (SSSR count). The molecule has 0 amide bonds. The minimum atomic E-state index is -0.115. The number of hydrogen-bond acceptors (Lipinski definition) is 3. The Labute approximate surface area is 145 Å². The molecule has 1 aromatic heterocycles. The summed E-state index contributed by atoms with van der Waals surface area (Å²) in [6, 6.07) is 17.2. The van der Waals surface area contributed by atoms with E-state index in [1.165, 1.54) is 0 Å². The van der Waals surface area contributed by atoms with Crippen molar-refractivity contribution in [3.8, 4) is 0 Å². The van der Waals surface area contributed by atoms with Crippen molar-refractivity contribution < 1.29 is 9.21 Å². The molecule has 5 nitrogen and oxygen atoms in total. The number of ketones is 1. The minimum absolute atomic E-state index is 0.0822. The first kappa shape index (κ1) is 16.8. The number of aryl methyl sites for hydroxylation is 1. The zero-order valence-corrected chi connectivity index (χ0v) is 14.1. The smallest absolute Gasteiger partial charge is 0.162 e. The maximum Gasteiger partial charge on any atom is 0.162 e. The minimum Gasteiger partial charge on any atom is -0.461 e. The number of benzene rings is 2. The maximum absolute atomic E-state index is 12.3. The van der Waals surface area contributed by atoms with Crippen molar-refractivity contribution in [1.82, 2.24) is 0 Å². The third-order valence-electron chi connectivity index (χ3n) is 4.34. The molecule has 0 radical (unpaired) electrons. The molecular weight excluding hydrogens is 314 g/mol. The van der Waals surface area contributed by atoms with E-state index in [2.05, 4.69) is 10.0 Å². The number of carbonyl (C=O) groups excluding carboxylic acids is 1. The SMILES string of the molecule is Cc1cccc2cc(C(CCC(=O)c3ccccc3)CN=[N+]=[N-])oc12. The molecule has 0 saturated carbocycles. The second-order valence-electron chi connectivity index (χ2n) is 6.08. The largest absolute Gasteiger partial charge is 0.461 e. The molecule has 2 aromatic carbocycles. The fourth-order valence-corrected chi connectivity index (χ4v) is 2.96. The van der Waals surface area contributed by atoms with E-state index in [0.717, 1.165) is 22.3 Å². The number of nitrogens with zero attached hydrogens (tertiary/aromatic N) is 3. The van der Waals surface area contributed by atoms with Crippen LogP contribution >= 0.6 is 0 Å². The van der Waals surface area contributed by atoms with Crippen LogP contribution in [0.3, 0.4) is 0 Å². The summed E-state index contributed by atoms with van der Waals surface area (Å²) in [7, 11) is 0. The Hall–Kier alpha value is -3.04. The lowest BCUT2D eigenvalue weighted by Gasteiger charge is -2.11. The van der Waals surface area contributed by atoms with E-state index in [9.17, 15) is 4.79 Å². The number of fused-ring (bicyclic) bond motifs is 1. The standard InChI is InChI=1S/C20H19N3O2/c1-14-6-5-9-16-12-19(25-20(14)16)17(13-22-23-21)10-11-18(24)15-7-3-2-4-8-15/h2-9,12,17H,10-11,13H2,1H3. The first-order chi connectivity index (χ1) is 12.2. The lowest BCUT2D eigenvalue weighted by atomic mass is 9.96. The van der Waals surface area contributed by atoms with Gasteiger partial charge in [0.25, 0.3) is 0 Å². The van der Waals surface area contributed by atoms with E-state index in [4.69, 9.17) is 9.95 Å². The van der Waals surface area contributed by atoms with Crippen LogP contribution in [0.1, 0.15) is 40.4 Å². The summed E-state index contributed by atoms with van der Waals surface area (Å²) in [5.41, 5.74) is 11.3. The van der Waals surface area contributed by atoms with E-state index in [1.54, 1.807) is 0 Å². The summed E-state index contributed by atoms with van der Waals surface area (Å²) in [5.74, 6) is 0.728. The summed E-state index contributed by atoms with van der Waals surface area (Å²) in [6.07, 6.45) is 0.956. The van der Waals surface area contributed by atoms with Crippen molar-refractivity contribution in [3.05, 3.63) is 81.9 Å². The van der Waals surface area contributed by atoms with Gasteiger partial charge in [-0.3, -0.25) is 4.79 Å². The highest BCUT2D eigenvalue weighted by Gasteiger charge is 2.18. The summed E-state index contributed by atoms with van der Waals surface area (Å²) in [5, 5.41) is 4.72. The third-order valence-corrected chi connectivity index (χ3v) is 4.34. The number of Topliss-reactive ketones (excluding diaryl/α,β-unsaturated/α-hetero) is 1. The molecule has 0 aliphatic carbocycles. The molecule has 5 heteroatoms. The van der Waals surface area contributed by atoms with Crippen LogP contribution in [0, 0.1) is 6.92 Å². The second kappa shape index (κ2) is 7.69. The fourth-order valence-electron chi connectivity index (χ4n) is 2.96. The van der Waals surface area contributed by atoms with Crippen LogP contribution in [0.4, 0.5) is 0 Å². The van der Waals surface area contributed by atoms with Gasteiger partial charge in [-0.05, 0) is 30.5 Å². The molecule has 1 atom stereocenters. The molecule has 3 aromatic rings. The first-order valence-corrected chi connectivity index (χ1v) is 8.27. The molecule has 0 N–H and O–H groups in total. The molecule has 1 unspecified atom stereocenters. The zero-order valence-electron chi connectivity index (χ0n) is 14.1. The number of furan rings is 1. The Kier molecular flexibility index (Phi) is 5.17. The number of azide groups is 1. The maximum atomic E-state index is 12.3. The average Bonchev–Trinajstić information content (AvgIpc) is 3.08. The highest BCUT2D eigenvalue weighted by Crippen LogP contribution is 2.30. The molecule has 25 heavy (non-hydrogen) atoms. The normalized spacial score (nSPS) is 11.9. The van der Waals surface area contributed by atoms with Crippen LogP contribution in [0.2, 0.25) is 0 Å². The zero-order chi connectivity index (χ0) is 17.6. The first-order valence-electron chi connectivity index (χ1n) is 8.27. The van der Waals surface area contributed by atoms with E-state index in [0.29, 0.717) is 18.4 Å². The Morgan fingerprint density at radius 1 is 1.20 bits per heavy atom. The monoisotopic (exact) mass is 333 g/mol. The van der Waals surface area contributed by atoms with Crippen LogP contribution in [0.25, 0.3) is 21.4 Å². The molecule has 0 aliphatic rings. The van der Waals surface area contributed by atoms with Crippen LogP contribution in [0.15, 0.2) is 64.1 Å². The van der Waals surface area contributed by atoms with Gasteiger partial charge in [0.2, 0.25) is 0 Å². The molecule has 126 valence electrons. The molecule has 0 bridgehead atoms. The molecule has 0 saturated heterocycles. The lowest BCUT2D eigenvalue weighted by molar-refractivity contribution is 0.0977. The summed E-state index contributed by atoms with van der Waals surface area (Å²) in [6.45, 7) is 2.27. The van der Waals surface area contributed by atoms with Gasteiger partial charge in [-0.25, -0.2) is 0 Å². The van der Waals surface area contributed by atoms with Crippen LogP contribution < -0.4 is 0 Å². The van der Waals surface area contributed by atoms with E-state index in [-0.39, 0.29) is 18.2 Å². The van der Waals surface area contributed by atoms with Crippen molar-refractivity contribution >= 4 is 16.8 Å². The molecule has 0 aliphatic heterocycles. The van der Waals surface area contributed by atoms with E-state index < -0.39 is 0 Å². The molecular formula is C20H19N3O2. The van der Waals surface area contributed by atoms with Gasteiger partial charge in [0.05, 0.1) is 0 Å². The lowest BCUT2D eigenvalue weighted by Crippen LogP contribution is -2.06. The van der Waals surface area contributed by atoms with Crippen LogP contribution in [0.5, 0.6) is 0 Å². The Bertz CT molecular complexity index is 925. The van der Waals surface area contributed by atoms with Gasteiger partial charge < -0.3 is 4.42 Å². The van der Waals surface area contributed by atoms with E-state index in [1.807, 2.05) is 61.5 Å². The number of rotatable bonds is 7. The van der Waals surface area contributed by atoms with Crippen molar-refractivity contribution in [1.29, 1.82) is 0 Å². The van der Waals surface area contributed by atoms with Crippen molar-refractivity contribution in [2.24, 2.45) is 5.11 Å². The number of para-hydroxylation sites is 1. The second-order valence-corrected chi connectivity index (χ2v) is 6.08. The van der Waals surface area contributed by atoms with Gasteiger partial charge in [0.1, 0.15) is 11.3 Å². The summed E-state index contributed by atoms with van der Waals surface area (Å²) >= 11 is 0. The number of hydrogen-bond donors (Lipinski definition) is 0. The van der Waals surface area contributed by atoms with Crippen molar-refractivity contribution in [3.63, 3.8) is 0 Å². The fraction of sp³-hybridized carbons (Fsp3) is 0.250. The topological polar surface area (TPSA) is 79.0 Å². The van der Waals surface area contributed by atoms with Crippen LogP contribution in [-0.4, -0.2) is 12.3 Å². The van der Waals surface area contributed by atoms with Crippen molar-refractivity contribution in [2.45, 2.75) is 25.7 Å². The van der Waals surface area contributed by atoms with Gasteiger partial charge in [-0.2, -0.15) is 0 Å². The predicted octanol–water partition coefficient (Wildman–Crippen LogP) is 5.80. The summed E-state index contributed by atoms with van der Waals surface area (Å²) in [4.78, 5) is 15.2. The molecule has 1 heterocycles. The van der Waals surface area contributed by atoms with E-state index >= 15 is 0 Å². The predicted molar refractivity (Wildman–Crippen MR) is 97.7 cm³/mol. The van der Waals surface area contributed by atoms with Gasteiger partial charge in [0, 0.05) is 34.7 Å². The van der Waals surface area contributed by atoms with Gasteiger partial charge in [-0.1, -0.05) is 53.6 Å². The van der Waals surface area contributed by atoms with Gasteiger partial charge >= 0.3 is 0 Å². The summed E-state index contributed by atoms with van der Waals surface area (Å²) < 4.78 is 6.00. The Balaban J connectivity index is 1.80. The highest BCUT2D eigenvalue weighted by atomic mass is 16.3. The molecule has 0 fully saturated rings. The molecule has 0 spiro atoms. The quantitative estimate of drug-likeness (QED) is 0.237. The number of carbonyl (C=O) groups is 1. The van der Waals surface area contributed by atoms with Crippen LogP contribution in [-0.2, 0) is 0 Å². The van der Waals surface area contributed by atoms with Gasteiger partial charge in [0.15, 0.2) is 5.78 Å². The third kappa shape index (κ3) is 3.90. The highest BCUT2D eigenvalue weighted by molar-refractivity contribution is 5.96. The Morgan fingerprint density at radius 3 is 2.72 bits per heavy atom. The average molecular weight is 333 g/mol. The van der Waals surface area contributed by atoms with Gasteiger partial charge in [-0.15, -0.1) is 0 Å².